The lowest BCUT2D eigenvalue weighted by molar-refractivity contribution is -0.373. The molecule has 0 saturated heterocycles. The number of aryl methyl sites for hydroxylation is 1. The Bertz CT molecular complexity index is 1350. The summed E-state index contributed by atoms with van der Waals surface area (Å²) in [6.07, 6.45) is 37.0. The first-order chi connectivity index (χ1) is 23.8. The molecule has 0 saturated carbocycles. The van der Waals surface area contributed by atoms with Crippen LogP contribution in [-0.4, -0.2) is 39.8 Å². The maximum absolute atomic E-state index is 13.2. The van der Waals surface area contributed by atoms with Crippen molar-refractivity contribution >= 4 is 29.0 Å². The van der Waals surface area contributed by atoms with Gasteiger partial charge in [-0.2, -0.15) is 0 Å². The van der Waals surface area contributed by atoms with Crippen molar-refractivity contribution in [2.45, 2.75) is 149 Å². The van der Waals surface area contributed by atoms with E-state index >= 15 is 0 Å². The van der Waals surface area contributed by atoms with Crippen LogP contribution in [0.4, 0.5) is 0 Å². The van der Waals surface area contributed by atoms with Crippen LogP contribution in [0.5, 0.6) is 0 Å². The van der Waals surface area contributed by atoms with Crippen LogP contribution in [0.1, 0.15) is 152 Å². The third kappa shape index (κ3) is 14.3. The van der Waals surface area contributed by atoms with Crippen LogP contribution in [0, 0.1) is 6.92 Å². The average Bonchev–Trinajstić information content (AvgIpc) is 3.51. The quantitative estimate of drug-likeness (QED) is 0.0745. The molecule has 0 spiro atoms. The Morgan fingerprint density at radius 1 is 0.673 bits per heavy atom. The number of aliphatic hydroxyl groups excluding tert-OH is 2. The summed E-state index contributed by atoms with van der Waals surface area (Å²) in [6.45, 7) is 8.24. The van der Waals surface area contributed by atoms with E-state index in [4.69, 9.17) is 0 Å². The van der Waals surface area contributed by atoms with E-state index < -0.39 is 0 Å². The van der Waals surface area contributed by atoms with E-state index in [-0.39, 0.29) is 39.8 Å². The van der Waals surface area contributed by atoms with Gasteiger partial charge in [0.05, 0.1) is 21.6 Å². The summed E-state index contributed by atoms with van der Waals surface area (Å²) in [4.78, 5) is 32.4. The van der Waals surface area contributed by atoms with Crippen LogP contribution in [0.15, 0.2) is 70.5 Å². The fourth-order valence-corrected chi connectivity index (χ4v) is 7.18. The summed E-state index contributed by atoms with van der Waals surface area (Å²) in [5.41, 5.74) is 1.25. The van der Waals surface area contributed by atoms with E-state index in [2.05, 4.69) is 23.7 Å². The van der Waals surface area contributed by atoms with Gasteiger partial charge in [-0.1, -0.05) is 141 Å². The van der Waals surface area contributed by atoms with Gasteiger partial charge in [0, 0.05) is 37.0 Å². The van der Waals surface area contributed by atoms with Crippen LogP contribution in [-0.2, 0) is 9.59 Å². The van der Waals surface area contributed by atoms with Gasteiger partial charge in [0.2, 0.25) is 5.78 Å². The third-order valence-electron chi connectivity index (χ3n) is 9.54. The number of Topliss-reactive ketones (excluding diaryl/α,β-unsaturated/α-hetero) is 1. The maximum Gasteiger partial charge on any atom is 0.260 e. The fraction of sp³-hybridized carbons (Fsp3) is 0.595. The highest BCUT2D eigenvalue weighted by Gasteiger charge is 2.32. The number of thiazole rings is 1. The Morgan fingerprint density at radius 3 is 1.61 bits per heavy atom. The summed E-state index contributed by atoms with van der Waals surface area (Å²) >= 11 is 1.56. The summed E-state index contributed by atoms with van der Waals surface area (Å²) in [5, 5.41) is 22.3. The highest BCUT2D eigenvalue weighted by molar-refractivity contribution is 7.12. The van der Waals surface area contributed by atoms with Crippen molar-refractivity contribution in [3.05, 3.63) is 80.4 Å². The van der Waals surface area contributed by atoms with Gasteiger partial charge in [-0.15, -0.1) is 0 Å². The maximum atomic E-state index is 13.2. The number of ketones is 2. The molecule has 0 amide bonds. The van der Waals surface area contributed by atoms with Gasteiger partial charge in [-0.3, -0.25) is 9.59 Å². The zero-order valence-electron chi connectivity index (χ0n) is 30.7. The molecule has 1 aromatic heterocycles. The number of hydrogen-bond acceptors (Lipinski definition) is 6. The molecule has 0 unspecified atom stereocenters. The lowest BCUT2D eigenvalue weighted by atomic mass is 9.87. The minimum atomic E-state index is -0.291. The van der Waals surface area contributed by atoms with Crippen LogP contribution < -0.4 is 4.98 Å². The minimum Gasteiger partial charge on any atom is -0.507 e. The number of rotatable bonds is 26. The van der Waals surface area contributed by atoms with Crippen LogP contribution in [0.25, 0.3) is 6.08 Å². The number of H-pyrrole nitrogens is 1. The monoisotopic (exact) mass is 691 g/mol. The minimum absolute atomic E-state index is 0.102. The lowest BCUT2D eigenvalue weighted by Gasteiger charge is -2.28. The molecule has 270 valence electrons. The molecule has 7 heteroatoms. The van der Waals surface area contributed by atoms with Crippen LogP contribution >= 0.6 is 11.3 Å². The number of nitrogens with zero attached hydrogens (tertiary/aromatic N) is 1. The highest BCUT2D eigenvalue weighted by atomic mass is 32.1. The predicted molar refractivity (Wildman–Crippen MR) is 205 cm³/mol. The Balaban J connectivity index is 1.55. The van der Waals surface area contributed by atoms with Gasteiger partial charge in [0.25, 0.3) is 5.01 Å². The third-order valence-corrected chi connectivity index (χ3v) is 10.5. The molecule has 2 aliphatic rings. The van der Waals surface area contributed by atoms with Gasteiger partial charge in [0.1, 0.15) is 11.5 Å². The molecule has 0 fully saturated rings. The van der Waals surface area contributed by atoms with Gasteiger partial charge in [-0.25, -0.2) is 4.98 Å². The second-order valence-electron chi connectivity index (χ2n) is 13.8. The van der Waals surface area contributed by atoms with Crippen molar-refractivity contribution in [3.63, 3.8) is 0 Å². The van der Waals surface area contributed by atoms with Gasteiger partial charge in [0.15, 0.2) is 12.0 Å². The molecule has 49 heavy (non-hydrogen) atoms. The Labute approximate surface area is 300 Å². The number of allylic oxidation sites excluding steroid dienone is 8. The normalized spacial score (nSPS) is 16.6. The SMILES string of the molecule is CCCCCCCCCCCCN(CCCCCCCCCCCC)C1=CC(=O)C(=C/C=C2\C(=O)C(/C=C/c3[nH+]cc(C)s3)=C2O)C(O)=C1. The molecule has 1 heterocycles. The van der Waals surface area contributed by atoms with Gasteiger partial charge >= 0.3 is 0 Å². The fourth-order valence-electron chi connectivity index (χ4n) is 6.46. The van der Waals surface area contributed by atoms with E-state index in [1.807, 2.05) is 13.1 Å². The number of hydrogen-bond donors (Lipinski definition) is 2. The number of nitrogens with one attached hydrogen (secondary N) is 1. The second kappa shape index (κ2) is 23.3. The van der Waals surface area contributed by atoms with Crippen molar-refractivity contribution < 1.29 is 24.8 Å². The Hall–Kier alpha value is -3.19. The molecular weight excluding hydrogens is 629 g/mol. The van der Waals surface area contributed by atoms with E-state index in [1.165, 1.54) is 128 Å². The Morgan fingerprint density at radius 2 is 1.16 bits per heavy atom. The first kappa shape index (κ1) is 40.2. The van der Waals surface area contributed by atoms with Gasteiger partial charge in [-0.05, 0) is 38.0 Å². The van der Waals surface area contributed by atoms with E-state index in [9.17, 15) is 19.8 Å². The molecule has 0 radical (unpaired) electrons. The number of aromatic amines is 1. The first-order valence-electron chi connectivity index (χ1n) is 19.3. The second-order valence-corrected chi connectivity index (χ2v) is 15.1. The van der Waals surface area contributed by atoms with Crippen molar-refractivity contribution in [1.82, 2.24) is 4.90 Å². The van der Waals surface area contributed by atoms with Crippen molar-refractivity contribution in [2.24, 2.45) is 0 Å². The van der Waals surface area contributed by atoms with Crippen LogP contribution in [0.3, 0.4) is 0 Å². The number of carbonyl (C=O) groups is 2. The summed E-state index contributed by atoms with van der Waals surface area (Å²) in [5.74, 6) is -0.786. The molecule has 0 bridgehead atoms. The highest BCUT2D eigenvalue weighted by Crippen LogP contribution is 2.31. The zero-order valence-corrected chi connectivity index (χ0v) is 31.5. The molecule has 6 nitrogen and oxygen atoms in total. The van der Waals surface area contributed by atoms with Crippen molar-refractivity contribution in [1.29, 1.82) is 0 Å². The summed E-state index contributed by atoms with van der Waals surface area (Å²) in [6, 6.07) is 0. The first-order valence-corrected chi connectivity index (χ1v) is 20.2. The molecule has 0 atom stereocenters. The summed E-state index contributed by atoms with van der Waals surface area (Å²) < 4.78 is 0. The molecule has 0 aromatic carbocycles. The standard InChI is InChI=1S/C42H62N2O4S/c1-4-6-8-10-12-14-16-18-20-22-28-44(29-23-21-19-17-15-13-11-9-7-5-2)34-30-38(45)35(39(46)31-34)24-25-36-41(47)37(42(36)48)26-27-40-43-32-33(3)49-40/h24-27,30-32,45,47H,4-23,28-29H2,1-3H3/p+1/b27-26+,35-24?,36-25-. The summed E-state index contributed by atoms with van der Waals surface area (Å²) in [7, 11) is 0. The molecular formula is C42H63N2O4S+. The molecule has 3 rings (SSSR count). The Kier molecular flexibility index (Phi) is 19.1. The molecule has 1 aromatic rings. The molecule has 3 N–H and O–H groups in total. The van der Waals surface area contributed by atoms with Crippen LogP contribution in [0.2, 0.25) is 0 Å². The topological polar surface area (TPSA) is 92.0 Å². The predicted octanol–water partition coefficient (Wildman–Crippen LogP) is 11.2. The van der Waals surface area contributed by atoms with Crippen molar-refractivity contribution in [3.8, 4) is 0 Å². The molecule has 0 aliphatic heterocycles. The average molecular weight is 692 g/mol. The number of aromatic nitrogens is 1. The van der Waals surface area contributed by atoms with E-state index in [0.29, 0.717) is 0 Å². The lowest BCUT2D eigenvalue weighted by Crippen LogP contribution is -2.27. The van der Waals surface area contributed by atoms with Gasteiger partial charge < -0.3 is 15.1 Å². The van der Waals surface area contributed by atoms with E-state index in [0.717, 1.165) is 41.5 Å². The largest absolute Gasteiger partial charge is 0.507 e. The molecule has 2 aliphatic carbocycles. The van der Waals surface area contributed by atoms with Crippen molar-refractivity contribution in [2.75, 3.05) is 13.1 Å². The number of carbonyl (C=O) groups excluding carboxylic acids is 2. The van der Waals surface area contributed by atoms with E-state index in [1.54, 1.807) is 35.6 Å². The zero-order chi connectivity index (χ0) is 35.3. The number of unbranched alkanes of at least 4 members (excludes halogenated alkanes) is 18. The smallest absolute Gasteiger partial charge is 0.260 e. The number of aliphatic hydroxyl groups is 2.